The van der Waals surface area contributed by atoms with E-state index in [1.54, 1.807) is 84.9 Å². The number of amides is 3. The van der Waals surface area contributed by atoms with Gasteiger partial charge in [0.25, 0.3) is 17.7 Å². The van der Waals surface area contributed by atoms with E-state index >= 15 is 0 Å². The number of benzene rings is 3. The Morgan fingerprint density at radius 1 is 0.500 bits per heavy atom. The molecule has 1 heterocycles. The van der Waals surface area contributed by atoms with E-state index in [1.807, 2.05) is 6.07 Å². The van der Waals surface area contributed by atoms with Crippen molar-refractivity contribution in [2.45, 2.75) is 0 Å². The number of anilines is 3. The largest absolute Gasteiger partial charge is 0.459 e. The van der Waals surface area contributed by atoms with Crippen molar-refractivity contribution in [3.63, 3.8) is 0 Å². The highest BCUT2D eigenvalue weighted by Gasteiger charge is 2.10. The van der Waals surface area contributed by atoms with Crippen molar-refractivity contribution in [3.05, 3.63) is 114 Å². The Morgan fingerprint density at radius 2 is 0.969 bits per heavy atom. The van der Waals surface area contributed by atoms with Gasteiger partial charge < -0.3 is 20.4 Å². The maximum atomic E-state index is 12.5. The molecule has 7 heteroatoms. The lowest BCUT2D eigenvalue weighted by Crippen LogP contribution is -2.14. The summed E-state index contributed by atoms with van der Waals surface area (Å²) in [5, 5.41) is 8.30. The van der Waals surface area contributed by atoms with E-state index in [1.165, 1.54) is 6.26 Å². The highest BCUT2D eigenvalue weighted by atomic mass is 16.3. The van der Waals surface area contributed by atoms with Crippen molar-refractivity contribution in [2.24, 2.45) is 0 Å². The van der Waals surface area contributed by atoms with E-state index in [0.29, 0.717) is 28.2 Å². The Morgan fingerprint density at radius 3 is 1.47 bits per heavy atom. The fourth-order valence-electron chi connectivity index (χ4n) is 2.94. The standard InChI is InChI=1S/C25H19N3O4/c29-23(17-5-2-1-3-6-17)26-19-10-8-18(9-11-19)24(30)27-20-12-14-21(15-13-20)28-25(31)22-7-4-16-32-22/h1-16H,(H,26,29)(H,27,30)(H,28,31). The highest BCUT2D eigenvalue weighted by molar-refractivity contribution is 6.06. The lowest BCUT2D eigenvalue weighted by Gasteiger charge is -2.09. The summed E-state index contributed by atoms with van der Waals surface area (Å²) in [5.74, 6) is -0.655. The van der Waals surface area contributed by atoms with Crippen LogP contribution in [0.1, 0.15) is 31.3 Å². The fraction of sp³-hybridized carbons (Fsp3) is 0. The van der Waals surface area contributed by atoms with Gasteiger partial charge in [0.15, 0.2) is 5.76 Å². The lowest BCUT2D eigenvalue weighted by molar-refractivity contribution is 0.0993. The number of nitrogens with one attached hydrogen (secondary N) is 3. The van der Waals surface area contributed by atoms with Crippen LogP contribution in [0, 0.1) is 0 Å². The van der Waals surface area contributed by atoms with E-state index in [0.717, 1.165) is 0 Å². The number of rotatable bonds is 6. The molecule has 1 aromatic heterocycles. The number of carbonyl (C=O) groups excluding carboxylic acids is 3. The Hall–Kier alpha value is -4.65. The third-order valence-electron chi connectivity index (χ3n) is 4.59. The molecular formula is C25H19N3O4. The van der Waals surface area contributed by atoms with Crippen LogP contribution in [0.25, 0.3) is 0 Å². The van der Waals surface area contributed by atoms with Gasteiger partial charge in [-0.3, -0.25) is 14.4 Å². The van der Waals surface area contributed by atoms with Crippen molar-refractivity contribution in [1.82, 2.24) is 0 Å². The van der Waals surface area contributed by atoms with E-state index in [4.69, 9.17) is 4.42 Å². The summed E-state index contributed by atoms with van der Waals surface area (Å²) >= 11 is 0. The van der Waals surface area contributed by atoms with Crippen LogP contribution in [0.4, 0.5) is 17.1 Å². The first-order valence-corrected chi connectivity index (χ1v) is 9.81. The third-order valence-corrected chi connectivity index (χ3v) is 4.59. The van der Waals surface area contributed by atoms with Crippen LogP contribution in [0.3, 0.4) is 0 Å². The number of hydrogen-bond acceptors (Lipinski definition) is 4. The summed E-state index contributed by atoms with van der Waals surface area (Å²) in [5.41, 5.74) is 2.73. The Labute approximate surface area is 184 Å². The van der Waals surface area contributed by atoms with Gasteiger partial charge in [0.1, 0.15) is 0 Å². The average Bonchev–Trinajstić information content (AvgIpc) is 3.37. The summed E-state index contributed by atoms with van der Waals surface area (Å²) in [6, 6.07) is 25.4. The Balaban J connectivity index is 1.33. The zero-order chi connectivity index (χ0) is 22.3. The molecule has 3 N–H and O–H groups in total. The molecule has 0 aliphatic carbocycles. The van der Waals surface area contributed by atoms with Gasteiger partial charge in [-0.1, -0.05) is 18.2 Å². The van der Waals surface area contributed by atoms with E-state index in [2.05, 4.69) is 16.0 Å². The number of furan rings is 1. The van der Waals surface area contributed by atoms with Gasteiger partial charge in [-0.05, 0) is 72.8 Å². The minimum Gasteiger partial charge on any atom is -0.459 e. The Bertz CT molecular complexity index is 1220. The molecule has 0 saturated carbocycles. The van der Waals surface area contributed by atoms with Crippen LogP contribution in [0.5, 0.6) is 0 Å². The van der Waals surface area contributed by atoms with Crippen molar-refractivity contribution < 1.29 is 18.8 Å². The summed E-state index contributed by atoms with van der Waals surface area (Å²) in [6.45, 7) is 0. The summed E-state index contributed by atoms with van der Waals surface area (Å²) in [4.78, 5) is 36.7. The fourth-order valence-corrected chi connectivity index (χ4v) is 2.94. The molecule has 0 saturated heterocycles. The molecule has 0 spiro atoms. The first-order valence-electron chi connectivity index (χ1n) is 9.81. The monoisotopic (exact) mass is 425 g/mol. The molecule has 0 atom stereocenters. The first-order chi connectivity index (χ1) is 15.6. The maximum Gasteiger partial charge on any atom is 0.291 e. The van der Waals surface area contributed by atoms with Gasteiger partial charge in [0.2, 0.25) is 0 Å². The molecule has 158 valence electrons. The summed E-state index contributed by atoms with van der Waals surface area (Å²) in [6.07, 6.45) is 1.43. The predicted molar refractivity (Wildman–Crippen MR) is 122 cm³/mol. The quantitative estimate of drug-likeness (QED) is 0.403. The van der Waals surface area contributed by atoms with E-state index in [-0.39, 0.29) is 23.5 Å². The molecule has 0 unspecified atom stereocenters. The van der Waals surface area contributed by atoms with Crippen molar-refractivity contribution in [1.29, 1.82) is 0 Å². The number of carbonyl (C=O) groups is 3. The lowest BCUT2D eigenvalue weighted by atomic mass is 10.1. The van der Waals surface area contributed by atoms with Crippen LogP contribution < -0.4 is 16.0 Å². The molecule has 7 nitrogen and oxygen atoms in total. The van der Waals surface area contributed by atoms with Crippen molar-refractivity contribution in [2.75, 3.05) is 16.0 Å². The van der Waals surface area contributed by atoms with Gasteiger partial charge in [-0.2, -0.15) is 0 Å². The molecule has 0 radical (unpaired) electrons. The smallest absolute Gasteiger partial charge is 0.291 e. The van der Waals surface area contributed by atoms with Crippen LogP contribution in [-0.2, 0) is 0 Å². The van der Waals surface area contributed by atoms with Gasteiger partial charge in [0.05, 0.1) is 6.26 Å². The SMILES string of the molecule is O=C(Nc1ccc(C(=O)Nc2ccc(NC(=O)c3ccco3)cc2)cc1)c1ccccc1. The number of hydrogen-bond donors (Lipinski definition) is 3. The first kappa shape index (κ1) is 20.6. The topological polar surface area (TPSA) is 100 Å². The zero-order valence-corrected chi connectivity index (χ0v) is 16.9. The normalized spacial score (nSPS) is 10.2. The summed E-state index contributed by atoms with van der Waals surface area (Å²) < 4.78 is 5.05. The molecule has 4 rings (SSSR count). The molecule has 3 amide bonds. The predicted octanol–water partition coefficient (Wildman–Crippen LogP) is 5.04. The van der Waals surface area contributed by atoms with Gasteiger partial charge in [-0.25, -0.2) is 0 Å². The maximum absolute atomic E-state index is 12.5. The van der Waals surface area contributed by atoms with Crippen LogP contribution in [0.2, 0.25) is 0 Å². The van der Waals surface area contributed by atoms with E-state index in [9.17, 15) is 14.4 Å². The highest BCUT2D eigenvalue weighted by Crippen LogP contribution is 2.17. The minimum absolute atomic E-state index is 0.214. The van der Waals surface area contributed by atoms with Crippen LogP contribution in [-0.4, -0.2) is 17.7 Å². The van der Waals surface area contributed by atoms with Crippen LogP contribution in [0.15, 0.2) is 102 Å². The molecule has 0 aliphatic rings. The van der Waals surface area contributed by atoms with Crippen molar-refractivity contribution >= 4 is 34.8 Å². The second-order valence-electron chi connectivity index (χ2n) is 6.86. The molecule has 0 aliphatic heterocycles. The zero-order valence-electron chi connectivity index (χ0n) is 16.9. The van der Waals surface area contributed by atoms with Gasteiger partial charge in [-0.15, -0.1) is 0 Å². The van der Waals surface area contributed by atoms with Gasteiger partial charge >= 0.3 is 0 Å². The molecule has 32 heavy (non-hydrogen) atoms. The van der Waals surface area contributed by atoms with Crippen LogP contribution >= 0.6 is 0 Å². The second-order valence-corrected chi connectivity index (χ2v) is 6.86. The average molecular weight is 425 g/mol. The minimum atomic E-state index is -0.355. The molecule has 3 aromatic carbocycles. The molecule has 0 fully saturated rings. The Kier molecular flexibility index (Phi) is 6.08. The van der Waals surface area contributed by atoms with Gasteiger partial charge in [0, 0.05) is 28.2 Å². The third kappa shape index (κ3) is 5.09. The van der Waals surface area contributed by atoms with Crippen molar-refractivity contribution in [3.8, 4) is 0 Å². The molecule has 0 bridgehead atoms. The molecule has 4 aromatic rings. The molecular weight excluding hydrogens is 406 g/mol. The summed E-state index contributed by atoms with van der Waals surface area (Å²) in [7, 11) is 0. The van der Waals surface area contributed by atoms with E-state index < -0.39 is 0 Å². The second kappa shape index (κ2) is 9.44.